The predicted octanol–water partition coefficient (Wildman–Crippen LogP) is 3.32. The highest BCUT2D eigenvalue weighted by molar-refractivity contribution is 7.71. The Bertz CT molecular complexity index is 816. The van der Waals surface area contributed by atoms with E-state index in [1.165, 1.54) is 6.07 Å². The number of imidazole rings is 1. The Labute approximate surface area is 136 Å². The third-order valence-corrected chi connectivity index (χ3v) is 4.43. The molecule has 5 nitrogen and oxygen atoms in total. The number of benzene rings is 1. The highest BCUT2D eigenvalue weighted by atomic mass is 32.1. The van der Waals surface area contributed by atoms with E-state index in [2.05, 4.69) is 10.3 Å². The monoisotopic (exact) mass is 339 g/mol. The molecule has 3 N–H and O–H groups in total. The molecule has 0 unspecified atom stereocenters. The zero-order valence-electron chi connectivity index (χ0n) is 12.1. The van der Waals surface area contributed by atoms with Crippen molar-refractivity contribution in [1.82, 2.24) is 14.9 Å². The number of carboxylic acid groups (broad SMARTS) is 1. The van der Waals surface area contributed by atoms with Gasteiger partial charge in [-0.05, 0) is 48.7 Å². The van der Waals surface area contributed by atoms with Gasteiger partial charge in [0.25, 0.3) is 0 Å². The number of fused-ring (bicyclic) bond motifs is 1. The number of H-pyrrole nitrogens is 1. The van der Waals surface area contributed by atoms with Crippen LogP contribution in [0.3, 0.4) is 0 Å². The van der Waals surface area contributed by atoms with Crippen molar-refractivity contribution in [3.05, 3.63) is 51.6 Å². The number of hydrogen-bond donors (Lipinski definition) is 3. The van der Waals surface area contributed by atoms with Crippen LogP contribution in [0, 0.1) is 16.4 Å². The molecule has 1 aliphatic rings. The van der Waals surface area contributed by atoms with Gasteiger partial charge in [0.1, 0.15) is 11.6 Å². The van der Waals surface area contributed by atoms with Crippen LogP contribution in [0.25, 0.3) is 0 Å². The van der Waals surface area contributed by atoms with Gasteiger partial charge in [0.15, 0.2) is 4.77 Å². The number of nitrogens with one attached hydrogen (secondary N) is 2. The normalized spacial score (nSPS) is 16.9. The second-order valence-corrected chi connectivity index (χ2v) is 5.92. The molecule has 0 saturated heterocycles. The fourth-order valence-corrected chi connectivity index (χ4v) is 3.45. The molecule has 1 atom stereocenters. The van der Waals surface area contributed by atoms with Gasteiger partial charge in [0.2, 0.25) is 0 Å². The lowest BCUT2D eigenvalue weighted by Gasteiger charge is -2.27. The summed E-state index contributed by atoms with van der Waals surface area (Å²) < 4.78 is 29.6. The van der Waals surface area contributed by atoms with E-state index in [0.29, 0.717) is 40.9 Å². The van der Waals surface area contributed by atoms with Crippen LogP contribution in [0.2, 0.25) is 0 Å². The van der Waals surface area contributed by atoms with Gasteiger partial charge >= 0.3 is 6.09 Å². The van der Waals surface area contributed by atoms with Crippen molar-refractivity contribution in [2.24, 2.45) is 0 Å². The molecule has 1 aliphatic carbocycles. The van der Waals surface area contributed by atoms with Crippen LogP contribution in [-0.2, 0) is 19.4 Å². The summed E-state index contributed by atoms with van der Waals surface area (Å²) in [4.78, 5) is 13.6. The van der Waals surface area contributed by atoms with Crippen LogP contribution in [0.1, 0.15) is 29.3 Å². The fourth-order valence-electron chi connectivity index (χ4n) is 3.12. The van der Waals surface area contributed by atoms with E-state index < -0.39 is 17.7 Å². The third kappa shape index (κ3) is 3.12. The number of hydrogen-bond acceptors (Lipinski definition) is 2. The first-order valence-electron chi connectivity index (χ1n) is 7.18. The highest BCUT2D eigenvalue weighted by Crippen LogP contribution is 2.32. The Morgan fingerprint density at radius 1 is 1.48 bits per heavy atom. The quantitative estimate of drug-likeness (QED) is 0.751. The van der Waals surface area contributed by atoms with Crippen LogP contribution in [-0.4, -0.2) is 20.8 Å². The summed E-state index contributed by atoms with van der Waals surface area (Å²) in [5.41, 5.74) is 1.89. The minimum absolute atomic E-state index is 0.0620. The lowest BCUT2D eigenvalue weighted by molar-refractivity contribution is 0.193. The van der Waals surface area contributed by atoms with Crippen molar-refractivity contribution in [1.29, 1.82) is 0 Å². The van der Waals surface area contributed by atoms with Gasteiger partial charge in [-0.1, -0.05) is 0 Å². The van der Waals surface area contributed by atoms with Crippen molar-refractivity contribution in [2.45, 2.75) is 31.8 Å². The van der Waals surface area contributed by atoms with E-state index in [1.54, 1.807) is 6.20 Å². The summed E-state index contributed by atoms with van der Waals surface area (Å²) >= 11 is 5.27. The van der Waals surface area contributed by atoms with E-state index in [1.807, 2.05) is 4.57 Å². The smallest absolute Gasteiger partial charge is 0.404 e. The average molecular weight is 339 g/mol. The first-order valence-corrected chi connectivity index (χ1v) is 7.59. The summed E-state index contributed by atoms with van der Waals surface area (Å²) in [7, 11) is 0. The maximum Gasteiger partial charge on any atom is 0.404 e. The summed E-state index contributed by atoms with van der Waals surface area (Å²) in [5.74, 6) is -1.10. The van der Waals surface area contributed by atoms with E-state index in [-0.39, 0.29) is 12.6 Å². The Morgan fingerprint density at radius 2 is 2.26 bits per heavy atom. The second kappa shape index (κ2) is 6.11. The first kappa shape index (κ1) is 15.7. The summed E-state index contributed by atoms with van der Waals surface area (Å²) in [5, 5.41) is 11.0. The summed E-state index contributed by atoms with van der Waals surface area (Å²) in [6.07, 6.45) is 2.13. The lowest BCUT2D eigenvalue weighted by Crippen LogP contribution is -2.25. The molecule has 0 saturated carbocycles. The molecule has 1 heterocycles. The zero-order valence-corrected chi connectivity index (χ0v) is 12.9. The molecule has 1 aromatic heterocycles. The van der Waals surface area contributed by atoms with Gasteiger partial charge in [0, 0.05) is 18.3 Å². The van der Waals surface area contributed by atoms with E-state index in [9.17, 15) is 13.6 Å². The Balaban J connectivity index is 1.90. The second-order valence-electron chi connectivity index (χ2n) is 5.54. The molecule has 2 aromatic rings. The average Bonchev–Trinajstić information content (AvgIpc) is 2.85. The van der Waals surface area contributed by atoms with Gasteiger partial charge < -0.3 is 20.0 Å². The van der Waals surface area contributed by atoms with Crippen molar-refractivity contribution >= 4 is 18.3 Å². The molecular formula is C15H15F2N3O2S. The zero-order chi connectivity index (χ0) is 16.6. The molecule has 0 bridgehead atoms. The van der Waals surface area contributed by atoms with Crippen molar-refractivity contribution in [3.8, 4) is 0 Å². The molecule has 0 fully saturated rings. The molecule has 1 amide bonds. The Hall–Kier alpha value is -2.22. The number of halogens is 2. The molecule has 0 aliphatic heterocycles. The van der Waals surface area contributed by atoms with Gasteiger partial charge in [-0.3, -0.25) is 0 Å². The van der Waals surface area contributed by atoms with Crippen molar-refractivity contribution < 1.29 is 18.7 Å². The molecule has 8 heteroatoms. The van der Waals surface area contributed by atoms with Crippen LogP contribution < -0.4 is 5.32 Å². The maximum atomic E-state index is 13.8. The molecular weight excluding hydrogens is 324 g/mol. The van der Waals surface area contributed by atoms with Gasteiger partial charge in [-0.15, -0.1) is 0 Å². The first-order chi connectivity index (χ1) is 11.0. The van der Waals surface area contributed by atoms with Gasteiger partial charge in [0.05, 0.1) is 12.2 Å². The minimum Gasteiger partial charge on any atom is -0.465 e. The SMILES string of the molecule is O=C(O)NCc1c[nH]c(=S)n1[C@H]1CCc2c(F)cc(F)cc2C1. The van der Waals surface area contributed by atoms with Crippen LogP contribution in [0.15, 0.2) is 18.3 Å². The number of carbonyl (C=O) groups is 1. The Morgan fingerprint density at radius 3 is 3.00 bits per heavy atom. The van der Waals surface area contributed by atoms with E-state index >= 15 is 0 Å². The highest BCUT2D eigenvalue weighted by Gasteiger charge is 2.25. The number of amides is 1. The summed E-state index contributed by atoms with van der Waals surface area (Å²) in [6, 6.07) is 2.20. The van der Waals surface area contributed by atoms with E-state index in [4.69, 9.17) is 17.3 Å². The number of aromatic amines is 1. The van der Waals surface area contributed by atoms with E-state index in [0.717, 1.165) is 6.07 Å². The maximum absolute atomic E-state index is 13.8. The number of aromatic nitrogens is 2. The molecule has 122 valence electrons. The number of nitrogens with zero attached hydrogens (tertiary/aromatic N) is 1. The largest absolute Gasteiger partial charge is 0.465 e. The fraction of sp³-hybridized carbons (Fsp3) is 0.333. The van der Waals surface area contributed by atoms with Gasteiger partial charge in [-0.25, -0.2) is 13.6 Å². The molecule has 0 radical (unpaired) electrons. The third-order valence-electron chi connectivity index (χ3n) is 4.11. The van der Waals surface area contributed by atoms with Crippen molar-refractivity contribution in [2.75, 3.05) is 0 Å². The molecule has 0 spiro atoms. The molecule has 1 aromatic carbocycles. The summed E-state index contributed by atoms with van der Waals surface area (Å²) in [6.45, 7) is 0.114. The lowest BCUT2D eigenvalue weighted by atomic mass is 9.87. The topological polar surface area (TPSA) is 70.1 Å². The minimum atomic E-state index is -1.12. The van der Waals surface area contributed by atoms with Crippen LogP contribution >= 0.6 is 12.2 Å². The molecule has 3 rings (SSSR count). The Kier molecular flexibility index (Phi) is 4.16. The number of rotatable bonds is 3. The standard InChI is InChI=1S/C15H15F2N3O2S/c16-9-3-8-4-10(1-2-12(8)13(17)5-9)20-11(6-18-14(20)23)7-19-15(21)22/h3,5-6,10,19H,1-2,4,7H2,(H,18,23)(H,21,22)/t10-/m0/s1. The van der Waals surface area contributed by atoms with Crippen molar-refractivity contribution in [3.63, 3.8) is 0 Å². The van der Waals surface area contributed by atoms with Crippen LogP contribution in [0.5, 0.6) is 0 Å². The van der Waals surface area contributed by atoms with Crippen LogP contribution in [0.4, 0.5) is 13.6 Å². The molecule has 23 heavy (non-hydrogen) atoms. The van der Waals surface area contributed by atoms with Gasteiger partial charge in [-0.2, -0.15) is 0 Å². The predicted molar refractivity (Wildman–Crippen MR) is 81.9 cm³/mol.